The summed E-state index contributed by atoms with van der Waals surface area (Å²) in [6.45, 7) is 4.73. The van der Waals surface area contributed by atoms with E-state index in [1.54, 1.807) is 6.07 Å². The SMILES string of the molecule is Cc1cc(OCC(O)CN2CCC3(CC2)C(=O)NCN3c2ccccc2)ccc1Cl. The summed E-state index contributed by atoms with van der Waals surface area (Å²) in [6, 6.07) is 15.6. The number of likely N-dealkylation sites (tertiary alicyclic amines) is 1. The van der Waals surface area contributed by atoms with Gasteiger partial charge in [0.1, 0.15) is 24.0 Å². The largest absolute Gasteiger partial charge is 0.491 e. The van der Waals surface area contributed by atoms with E-state index in [0.717, 1.165) is 37.2 Å². The lowest BCUT2D eigenvalue weighted by Gasteiger charge is -2.43. The summed E-state index contributed by atoms with van der Waals surface area (Å²) in [5.74, 6) is 0.808. The predicted molar refractivity (Wildman–Crippen MR) is 118 cm³/mol. The van der Waals surface area contributed by atoms with Gasteiger partial charge in [-0.2, -0.15) is 0 Å². The van der Waals surface area contributed by atoms with Crippen LogP contribution in [0.25, 0.3) is 0 Å². The Hall–Kier alpha value is -2.28. The highest BCUT2D eigenvalue weighted by atomic mass is 35.5. The Morgan fingerprint density at radius 2 is 1.93 bits per heavy atom. The Morgan fingerprint density at radius 1 is 1.20 bits per heavy atom. The number of halogens is 1. The zero-order valence-corrected chi connectivity index (χ0v) is 17.9. The maximum Gasteiger partial charge on any atom is 0.247 e. The van der Waals surface area contributed by atoms with Crippen molar-refractivity contribution >= 4 is 23.2 Å². The van der Waals surface area contributed by atoms with Gasteiger partial charge in [0.2, 0.25) is 5.91 Å². The molecule has 2 aliphatic heterocycles. The van der Waals surface area contributed by atoms with Gasteiger partial charge in [-0.05, 0) is 55.7 Å². The molecule has 1 unspecified atom stereocenters. The Morgan fingerprint density at radius 3 is 2.63 bits per heavy atom. The number of aliphatic hydroxyl groups excluding tert-OH is 1. The van der Waals surface area contributed by atoms with Crippen LogP contribution in [0.3, 0.4) is 0 Å². The molecule has 4 rings (SSSR count). The smallest absolute Gasteiger partial charge is 0.247 e. The number of rotatable bonds is 6. The molecular weight excluding hydrogens is 402 g/mol. The third-order valence-corrected chi connectivity index (χ3v) is 6.55. The van der Waals surface area contributed by atoms with Gasteiger partial charge in [0.25, 0.3) is 0 Å². The molecule has 0 aromatic heterocycles. The third-order valence-electron chi connectivity index (χ3n) is 6.13. The van der Waals surface area contributed by atoms with E-state index in [4.69, 9.17) is 16.3 Å². The second-order valence-corrected chi connectivity index (χ2v) is 8.54. The van der Waals surface area contributed by atoms with Crippen LogP contribution in [0.15, 0.2) is 48.5 Å². The van der Waals surface area contributed by atoms with Crippen LogP contribution >= 0.6 is 11.6 Å². The van der Waals surface area contributed by atoms with E-state index >= 15 is 0 Å². The number of ether oxygens (including phenoxy) is 1. The molecule has 0 radical (unpaired) electrons. The molecule has 2 fully saturated rings. The molecule has 30 heavy (non-hydrogen) atoms. The summed E-state index contributed by atoms with van der Waals surface area (Å²) in [5.41, 5.74) is 1.51. The average molecular weight is 430 g/mol. The molecule has 160 valence electrons. The average Bonchev–Trinajstić information content (AvgIpc) is 3.07. The van der Waals surface area contributed by atoms with Gasteiger partial charge in [0.15, 0.2) is 0 Å². The van der Waals surface area contributed by atoms with Crippen molar-refractivity contribution < 1.29 is 14.6 Å². The molecule has 2 aromatic rings. The molecule has 2 aromatic carbocycles. The van der Waals surface area contributed by atoms with Crippen LogP contribution < -0.4 is 15.0 Å². The van der Waals surface area contributed by atoms with Crippen LogP contribution in [0.5, 0.6) is 5.75 Å². The summed E-state index contributed by atoms with van der Waals surface area (Å²) >= 11 is 6.04. The minimum atomic E-state index is -0.599. The van der Waals surface area contributed by atoms with Gasteiger partial charge < -0.3 is 25.0 Å². The number of hydrogen-bond donors (Lipinski definition) is 2. The van der Waals surface area contributed by atoms with E-state index in [1.165, 1.54) is 0 Å². The Bertz CT molecular complexity index is 885. The van der Waals surface area contributed by atoms with Crippen molar-refractivity contribution in [2.75, 3.05) is 37.8 Å². The molecule has 2 aliphatic rings. The number of amides is 1. The van der Waals surface area contributed by atoms with Gasteiger partial charge in [-0.25, -0.2) is 0 Å². The number of aliphatic hydroxyl groups is 1. The summed E-state index contributed by atoms with van der Waals surface area (Å²) in [4.78, 5) is 17.1. The molecular formula is C23H28ClN3O3. The van der Waals surface area contributed by atoms with E-state index < -0.39 is 11.6 Å². The van der Waals surface area contributed by atoms with E-state index in [-0.39, 0.29) is 12.5 Å². The van der Waals surface area contributed by atoms with Crippen molar-refractivity contribution in [3.8, 4) is 5.75 Å². The first kappa shape index (κ1) is 21.0. The number of nitrogens with zero attached hydrogens (tertiary/aromatic N) is 2. The fourth-order valence-electron chi connectivity index (χ4n) is 4.39. The van der Waals surface area contributed by atoms with Crippen LogP contribution in [-0.4, -0.2) is 60.5 Å². The molecule has 1 amide bonds. The number of piperidine rings is 1. The first-order valence-electron chi connectivity index (χ1n) is 10.4. The number of benzene rings is 2. The van der Waals surface area contributed by atoms with Crippen LogP contribution in [0.4, 0.5) is 5.69 Å². The highest BCUT2D eigenvalue weighted by molar-refractivity contribution is 6.31. The van der Waals surface area contributed by atoms with Gasteiger partial charge in [0, 0.05) is 30.3 Å². The molecule has 7 heteroatoms. The van der Waals surface area contributed by atoms with E-state index in [0.29, 0.717) is 24.0 Å². The molecule has 0 aliphatic carbocycles. The lowest BCUT2D eigenvalue weighted by atomic mass is 9.85. The van der Waals surface area contributed by atoms with Crippen molar-refractivity contribution in [2.24, 2.45) is 0 Å². The number of anilines is 1. The number of aryl methyl sites for hydroxylation is 1. The molecule has 0 bridgehead atoms. The first-order chi connectivity index (χ1) is 14.5. The van der Waals surface area contributed by atoms with Crippen molar-refractivity contribution in [2.45, 2.75) is 31.4 Å². The van der Waals surface area contributed by atoms with Gasteiger partial charge >= 0.3 is 0 Å². The van der Waals surface area contributed by atoms with Crippen molar-refractivity contribution in [1.82, 2.24) is 10.2 Å². The Balaban J connectivity index is 1.31. The molecule has 6 nitrogen and oxygen atoms in total. The summed E-state index contributed by atoms with van der Waals surface area (Å²) in [7, 11) is 0. The van der Waals surface area contributed by atoms with Crippen LogP contribution in [-0.2, 0) is 4.79 Å². The van der Waals surface area contributed by atoms with Crippen molar-refractivity contribution in [1.29, 1.82) is 0 Å². The summed E-state index contributed by atoms with van der Waals surface area (Å²) in [5, 5.41) is 14.2. The van der Waals surface area contributed by atoms with Crippen molar-refractivity contribution in [3.05, 3.63) is 59.1 Å². The Labute approximate surface area is 182 Å². The highest BCUT2D eigenvalue weighted by Crippen LogP contribution is 2.36. The van der Waals surface area contributed by atoms with E-state index in [9.17, 15) is 9.90 Å². The number of para-hydroxylation sites is 1. The molecule has 1 spiro atoms. The number of nitrogens with one attached hydrogen (secondary N) is 1. The van der Waals surface area contributed by atoms with Gasteiger partial charge in [0.05, 0.1) is 6.67 Å². The number of carbonyl (C=O) groups is 1. The number of β-amino-alcohol motifs (C(OH)–C–C–N with tert-alkyl or cyclic N) is 1. The van der Waals surface area contributed by atoms with Gasteiger partial charge in [-0.15, -0.1) is 0 Å². The van der Waals surface area contributed by atoms with Crippen LogP contribution in [0, 0.1) is 6.92 Å². The topological polar surface area (TPSA) is 65.0 Å². The maximum atomic E-state index is 12.7. The Kier molecular flexibility index (Phi) is 6.18. The van der Waals surface area contributed by atoms with Gasteiger partial charge in [-0.3, -0.25) is 4.79 Å². The highest BCUT2D eigenvalue weighted by Gasteiger charge is 2.50. The third kappa shape index (κ3) is 4.26. The first-order valence-corrected chi connectivity index (χ1v) is 10.8. The van der Waals surface area contributed by atoms with Crippen molar-refractivity contribution in [3.63, 3.8) is 0 Å². The monoisotopic (exact) mass is 429 g/mol. The van der Waals surface area contributed by atoms with Crippen LogP contribution in [0.1, 0.15) is 18.4 Å². The molecule has 1 atom stereocenters. The quantitative estimate of drug-likeness (QED) is 0.739. The summed E-state index contributed by atoms with van der Waals surface area (Å²) < 4.78 is 5.72. The van der Waals surface area contributed by atoms with Gasteiger partial charge in [-0.1, -0.05) is 29.8 Å². The summed E-state index contributed by atoms with van der Waals surface area (Å²) in [6.07, 6.45) is 0.868. The standard InChI is InChI=1S/C23H28ClN3O3/c1-17-13-20(7-8-21(17)24)30-15-19(28)14-26-11-9-23(10-12-26)22(29)25-16-27(23)18-5-3-2-4-6-18/h2-8,13,19,28H,9-12,14-16H2,1H3,(H,25,29). The second-order valence-electron chi connectivity index (χ2n) is 8.14. The van der Waals surface area contributed by atoms with E-state index in [2.05, 4.69) is 15.1 Å². The lowest BCUT2D eigenvalue weighted by Crippen LogP contribution is -2.57. The molecule has 2 heterocycles. The fraction of sp³-hybridized carbons (Fsp3) is 0.435. The lowest BCUT2D eigenvalue weighted by molar-refractivity contribution is -0.125. The minimum Gasteiger partial charge on any atom is -0.491 e. The second kappa shape index (κ2) is 8.84. The van der Waals surface area contributed by atoms with Crippen LogP contribution in [0.2, 0.25) is 5.02 Å². The molecule has 2 saturated heterocycles. The molecule has 0 saturated carbocycles. The number of hydrogen-bond acceptors (Lipinski definition) is 5. The van der Waals surface area contributed by atoms with E-state index in [1.807, 2.05) is 49.4 Å². The zero-order chi connectivity index (χ0) is 21.1. The maximum absolute atomic E-state index is 12.7. The zero-order valence-electron chi connectivity index (χ0n) is 17.2. The number of carbonyl (C=O) groups excluding carboxylic acids is 1. The normalized spacial score (nSPS) is 19.7. The molecule has 2 N–H and O–H groups in total. The predicted octanol–water partition coefficient (Wildman–Crippen LogP) is 2.82. The minimum absolute atomic E-state index is 0.105. The fourth-order valence-corrected chi connectivity index (χ4v) is 4.51.